The summed E-state index contributed by atoms with van der Waals surface area (Å²) in [7, 11) is 1.72. The smallest absolute Gasteiger partial charge is 0.0762 e. The van der Waals surface area contributed by atoms with Gasteiger partial charge in [0.1, 0.15) is 0 Å². The number of methoxy groups -OCH3 is 1. The van der Waals surface area contributed by atoms with Gasteiger partial charge in [-0.1, -0.05) is 18.2 Å². The molecule has 2 aromatic rings. The third-order valence-corrected chi connectivity index (χ3v) is 3.99. The summed E-state index contributed by atoms with van der Waals surface area (Å²) in [4.78, 5) is 0. The molecule has 21 heavy (non-hydrogen) atoms. The van der Waals surface area contributed by atoms with E-state index in [0.29, 0.717) is 0 Å². The molecule has 0 aliphatic heterocycles. The first-order chi connectivity index (χ1) is 10.3. The number of ether oxygens (including phenoxy) is 1. The molecule has 0 spiro atoms. The Morgan fingerprint density at radius 3 is 3.05 bits per heavy atom. The van der Waals surface area contributed by atoms with Gasteiger partial charge in [0.05, 0.1) is 18.8 Å². The van der Waals surface area contributed by atoms with Crippen molar-refractivity contribution in [3.05, 3.63) is 52.8 Å². The van der Waals surface area contributed by atoms with E-state index in [9.17, 15) is 0 Å². The van der Waals surface area contributed by atoms with Gasteiger partial charge in [-0.05, 0) is 42.0 Å². The molecule has 1 aliphatic carbocycles. The van der Waals surface area contributed by atoms with Crippen LogP contribution in [0, 0.1) is 0 Å². The number of rotatable bonds is 7. The van der Waals surface area contributed by atoms with Gasteiger partial charge in [0.15, 0.2) is 0 Å². The molecule has 1 aliphatic rings. The second-order valence-electron chi connectivity index (χ2n) is 5.63. The quantitative estimate of drug-likeness (QED) is 0.792. The predicted octanol–water partition coefficient (Wildman–Crippen LogP) is 2.16. The molecule has 112 valence electrons. The number of hydrogen-bond acceptors (Lipinski definition) is 3. The molecule has 4 heteroatoms. The molecule has 4 nitrogen and oxygen atoms in total. The highest BCUT2D eigenvalue weighted by Crippen LogP contribution is 2.23. The topological polar surface area (TPSA) is 39.1 Å². The van der Waals surface area contributed by atoms with Crippen molar-refractivity contribution in [3.63, 3.8) is 0 Å². The summed E-state index contributed by atoms with van der Waals surface area (Å²) in [6.45, 7) is 3.23. The fraction of sp³-hybridized carbons (Fsp3) is 0.471. The largest absolute Gasteiger partial charge is 0.383 e. The summed E-state index contributed by atoms with van der Waals surface area (Å²) in [6, 6.07) is 8.95. The van der Waals surface area contributed by atoms with E-state index in [1.807, 2.05) is 4.68 Å². The van der Waals surface area contributed by atoms with Crippen LogP contribution in [0.5, 0.6) is 0 Å². The van der Waals surface area contributed by atoms with E-state index in [-0.39, 0.29) is 0 Å². The van der Waals surface area contributed by atoms with Gasteiger partial charge in [-0.25, -0.2) is 0 Å². The van der Waals surface area contributed by atoms with Crippen LogP contribution in [-0.2, 0) is 30.7 Å². The number of hydrogen-bond donors (Lipinski definition) is 1. The zero-order chi connectivity index (χ0) is 14.5. The van der Waals surface area contributed by atoms with Gasteiger partial charge in [0, 0.05) is 26.4 Å². The monoisotopic (exact) mass is 285 g/mol. The summed E-state index contributed by atoms with van der Waals surface area (Å²) in [5.41, 5.74) is 5.48. The summed E-state index contributed by atoms with van der Waals surface area (Å²) < 4.78 is 7.03. The number of nitrogens with zero attached hydrogens (tertiary/aromatic N) is 2. The lowest BCUT2D eigenvalue weighted by atomic mass is 10.1. The van der Waals surface area contributed by atoms with Gasteiger partial charge in [-0.15, -0.1) is 0 Å². The summed E-state index contributed by atoms with van der Waals surface area (Å²) in [6.07, 6.45) is 5.84. The Bertz CT molecular complexity index is 591. The van der Waals surface area contributed by atoms with Crippen LogP contribution in [0.15, 0.2) is 30.5 Å². The second kappa shape index (κ2) is 6.87. The Kier molecular flexibility index (Phi) is 4.68. The molecule has 0 amide bonds. The van der Waals surface area contributed by atoms with Crippen molar-refractivity contribution in [1.29, 1.82) is 0 Å². The normalized spacial score (nSPS) is 13.6. The van der Waals surface area contributed by atoms with Gasteiger partial charge >= 0.3 is 0 Å². The molecule has 1 aromatic carbocycles. The molecule has 1 N–H and O–H groups in total. The fourth-order valence-corrected chi connectivity index (χ4v) is 2.89. The molecule has 0 fully saturated rings. The van der Waals surface area contributed by atoms with Gasteiger partial charge in [-0.2, -0.15) is 5.10 Å². The number of aromatic nitrogens is 2. The summed E-state index contributed by atoms with van der Waals surface area (Å²) >= 11 is 0. The minimum absolute atomic E-state index is 0.732. The van der Waals surface area contributed by atoms with Crippen LogP contribution in [-0.4, -0.2) is 30.0 Å². The summed E-state index contributed by atoms with van der Waals surface area (Å²) in [5, 5.41) is 7.92. The first kappa shape index (κ1) is 14.3. The van der Waals surface area contributed by atoms with Crippen LogP contribution in [0.2, 0.25) is 0 Å². The Morgan fingerprint density at radius 1 is 1.24 bits per heavy atom. The third kappa shape index (κ3) is 3.71. The first-order valence-electron chi connectivity index (χ1n) is 7.68. The molecular formula is C17H23N3O. The van der Waals surface area contributed by atoms with E-state index in [2.05, 4.69) is 40.9 Å². The highest BCUT2D eigenvalue weighted by Gasteiger charge is 2.11. The van der Waals surface area contributed by atoms with Crippen molar-refractivity contribution >= 4 is 0 Å². The van der Waals surface area contributed by atoms with Gasteiger partial charge in [0.25, 0.3) is 0 Å². The van der Waals surface area contributed by atoms with Crippen molar-refractivity contribution in [2.75, 3.05) is 20.3 Å². The maximum atomic E-state index is 5.01. The lowest BCUT2D eigenvalue weighted by Gasteiger charge is -2.05. The molecule has 3 rings (SSSR count). The fourth-order valence-electron chi connectivity index (χ4n) is 2.89. The molecule has 0 bridgehead atoms. The SMILES string of the molecule is COCCNCc1ccn(Cc2ccc3c(c2)CCC3)n1. The summed E-state index contributed by atoms with van der Waals surface area (Å²) in [5.74, 6) is 0. The van der Waals surface area contributed by atoms with E-state index in [4.69, 9.17) is 4.74 Å². The Labute approximate surface area is 126 Å². The number of fused-ring (bicyclic) bond motifs is 1. The van der Waals surface area contributed by atoms with Crippen molar-refractivity contribution in [2.24, 2.45) is 0 Å². The zero-order valence-electron chi connectivity index (χ0n) is 12.6. The molecule has 0 unspecified atom stereocenters. The van der Waals surface area contributed by atoms with E-state index >= 15 is 0 Å². The Morgan fingerprint density at radius 2 is 2.14 bits per heavy atom. The van der Waals surface area contributed by atoms with Gasteiger partial charge < -0.3 is 10.1 Å². The van der Waals surface area contributed by atoms with Crippen molar-refractivity contribution in [3.8, 4) is 0 Å². The Hall–Kier alpha value is -1.65. The third-order valence-electron chi connectivity index (χ3n) is 3.99. The predicted molar refractivity (Wildman–Crippen MR) is 83.4 cm³/mol. The average Bonchev–Trinajstić information content (AvgIpc) is 3.12. The van der Waals surface area contributed by atoms with E-state index in [1.165, 1.54) is 36.0 Å². The maximum Gasteiger partial charge on any atom is 0.0762 e. The van der Waals surface area contributed by atoms with E-state index < -0.39 is 0 Å². The van der Waals surface area contributed by atoms with Crippen LogP contribution >= 0.6 is 0 Å². The minimum Gasteiger partial charge on any atom is -0.383 e. The first-order valence-corrected chi connectivity index (χ1v) is 7.68. The number of aryl methyl sites for hydroxylation is 2. The van der Waals surface area contributed by atoms with Crippen molar-refractivity contribution in [1.82, 2.24) is 15.1 Å². The van der Waals surface area contributed by atoms with Crippen LogP contribution in [0.3, 0.4) is 0 Å². The molecule has 1 heterocycles. The molecular weight excluding hydrogens is 262 g/mol. The Balaban J connectivity index is 1.57. The second-order valence-corrected chi connectivity index (χ2v) is 5.63. The molecule has 0 atom stereocenters. The lowest BCUT2D eigenvalue weighted by molar-refractivity contribution is 0.199. The average molecular weight is 285 g/mol. The minimum atomic E-state index is 0.732. The van der Waals surface area contributed by atoms with Crippen molar-refractivity contribution < 1.29 is 4.74 Å². The van der Waals surface area contributed by atoms with Crippen molar-refractivity contribution in [2.45, 2.75) is 32.4 Å². The molecule has 0 saturated carbocycles. The van der Waals surface area contributed by atoms with Gasteiger partial charge in [0.2, 0.25) is 0 Å². The van der Waals surface area contributed by atoms with E-state index in [1.54, 1.807) is 7.11 Å². The lowest BCUT2D eigenvalue weighted by Crippen LogP contribution is -2.19. The van der Waals surface area contributed by atoms with Crippen LogP contribution in [0.25, 0.3) is 0 Å². The standard InChI is InChI=1S/C17H23N3O/c1-21-10-8-18-12-17-7-9-20(19-17)13-14-5-6-15-3-2-4-16(15)11-14/h5-7,9,11,18H,2-4,8,10,12-13H2,1H3. The van der Waals surface area contributed by atoms with Crippen LogP contribution in [0.1, 0.15) is 28.8 Å². The van der Waals surface area contributed by atoms with E-state index in [0.717, 1.165) is 31.9 Å². The number of benzene rings is 1. The van der Waals surface area contributed by atoms with Crippen LogP contribution < -0.4 is 5.32 Å². The highest BCUT2D eigenvalue weighted by atomic mass is 16.5. The molecule has 1 aromatic heterocycles. The zero-order valence-corrected chi connectivity index (χ0v) is 12.6. The van der Waals surface area contributed by atoms with Crippen LogP contribution in [0.4, 0.5) is 0 Å². The number of nitrogens with one attached hydrogen (secondary N) is 1. The molecule has 0 radical (unpaired) electrons. The highest BCUT2D eigenvalue weighted by molar-refractivity contribution is 5.35. The van der Waals surface area contributed by atoms with Gasteiger partial charge in [-0.3, -0.25) is 4.68 Å². The maximum absolute atomic E-state index is 5.01. The molecule has 0 saturated heterocycles.